The molecule has 0 fully saturated rings. The van der Waals surface area contributed by atoms with E-state index in [0.29, 0.717) is 5.92 Å². The van der Waals surface area contributed by atoms with Crippen LogP contribution in [0.4, 0.5) is 5.69 Å². The molecule has 1 heterocycles. The second-order valence-electron chi connectivity index (χ2n) is 17.7. The van der Waals surface area contributed by atoms with Crippen molar-refractivity contribution in [3.63, 3.8) is 0 Å². The Labute approximate surface area is 293 Å². The Morgan fingerprint density at radius 3 is 1.85 bits per heavy atom. The van der Waals surface area contributed by atoms with Crippen molar-refractivity contribution in [2.75, 3.05) is 19.0 Å². The molecule has 4 aliphatic carbocycles. The van der Waals surface area contributed by atoms with Gasteiger partial charge in [-0.1, -0.05) is 59.8 Å². The molecule has 13 aromatic carbocycles. The summed E-state index contributed by atoms with van der Waals surface area (Å²) >= 11 is 0. The van der Waals surface area contributed by atoms with Gasteiger partial charge in [0.25, 0.3) is 0 Å². The molecule has 0 aromatic heterocycles. The van der Waals surface area contributed by atoms with Gasteiger partial charge in [-0.15, -0.1) is 0 Å². The fourth-order valence-corrected chi connectivity index (χ4v) is 14.8. The van der Waals surface area contributed by atoms with Crippen LogP contribution < -0.4 is 10.1 Å². The van der Waals surface area contributed by atoms with E-state index in [4.69, 9.17) is 9.99 Å². The zero-order chi connectivity index (χ0) is 32.7. The number of rotatable bonds is 2. The van der Waals surface area contributed by atoms with Crippen LogP contribution in [0, 0.1) is 5.92 Å². The minimum absolute atomic E-state index is 0.177. The molecule has 0 bridgehead atoms. The van der Waals surface area contributed by atoms with Crippen LogP contribution in [0.5, 0.6) is 0 Å². The predicted octanol–water partition coefficient (Wildman–Crippen LogP) is 11.0. The maximum atomic E-state index is 7.29. The summed E-state index contributed by atoms with van der Waals surface area (Å²) in [4.78, 5) is 9.47. The van der Waals surface area contributed by atoms with Crippen LogP contribution in [0.2, 0.25) is 0 Å². The largest absolute Gasteiger partial charge is 0.383 e. The van der Waals surface area contributed by atoms with Crippen molar-refractivity contribution in [1.82, 2.24) is 0 Å². The third-order valence-corrected chi connectivity index (χ3v) is 16.2. The summed E-state index contributed by atoms with van der Waals surface area (Å²) in [6.07, 6.45) is 4.65. The normalized spacial score (nSPS) is 24.5. The van der Waals surface area contributed by atoms with E-state index in [1.54, 1.807) is 75.9 Å². The van der Waals surface area contributed by atoms with E-state index in [1.165, 1.54) is 81.3 Å². The van der Waals surface area contributed by atoms with Gasteiger partial charge in [0.2, 0.25) is 0 Å². The fourth-order valence-electron chi connectivity index (χ4n) is 14.8. The molecule has 0 radical (unpaired) electrons. The molecule has 52 heavy (non-hydrogen) atoms. The number of hydrogen-bond acceptors (Lipinski definition) is 3. The predicted molar refractivity (Wildman–Crippen MR) is 216 cm³/mol. The van der Waals surface area contributed by atoms with Gasteiger partial charge in [-0.3, -0.25) is 0 Å². The Balaban J connectivity index is 1.16. The van der Waals surface area contributed by atoms with Gasteiger partial charge in [0, 0.05) is 37.2 Å². The Hall–Kier alpha value is -5.93. The van der Waals surface area contributed by atoms with E-state index >= 15 is 0 Å². The number of nitrogens with zero attached hydrogens (tertiary/aromatic N) is 2. The molecule has 236 valence electrons. The first-order valence-electron chi connectivity index (χ1n) is 19.2. The number of fused-ring (bicyclic) bond motifs is 4. The van der Waals surface area contributed by atoms with Crippen molar-refractivity contribution < 1.29 is 4.84 Å². The average molecular weight is 657 g/mol. The molecule has 1 aliphatic heterocycles. The van der Waals surface area contributed by atoms with Crippen LogP contribution >= 0.6 is 0 Å². The highest BCUT2D eigenvalue weighted by atomic mass is 16.7. The summed E-state index contributed by atoms with van der Waals surface area (Å²) in [6, 6.07) is 24.0. The monoisotopic (exact) mass is 656 g/mol. The average Bonchev–Trinajstić information content (AvgIpc) is 4.02. The Bertz CT molecular complexity index is 3980. The molecule has 3 unspecified atom stereocenters. The van der Waals surface area contributed by atoms with Crippen molar-refractivity contribution in [1.29, 1.82) is 0 Å². The molecule has 18 rings (SSSR count). The van der Waals surface area contributed by atoms with E-state index < -0.39 is 5.60 Å². The fraction of sp³-hybridized carbons (Fsp3) is 0.163. The first-order chi connectivity index (χ1) is 25.7. The molecule has 4 atom stereocenters. The highest BCUT2D eigenvalue weighted by Gasteiger charge is 2.66. The lowest BCUT2D eigenvalue weighted by Gasteiger charge is -2.43. The molecule has 0 N–H and O–H groups in total. The van der Waals surface area contributed by atoms with E-state index in [2.05, 4.69) is 85.7 Å². The molecule has 13 aromatic rings. The van der Waals surface area contributed by atoms with E-state index in [1.807, 2.05) is 0 Å². The lowest BCUT2D eigenvalue weighted by Crippen LogP contribution is -2.44. The van der Waals surface area contributed by atoms with Gasteiger partial charge in [0.05, 0.1) is 11.6 Å². The third-order valence-electron chi connectivity index (χ3n) is 16.2. The number of anilines is 1. The molecular weight excluding hydrogens is 633 g/mol. The molecule has 3 nitrogen and oxygen atoms in total. The third kappa shape index (κ3) is 1.75. The van der Waals surface area contributed by atoms with Crippen LogP contribution in [-0.2, 0) is 10.4 Å². The SMILES string of the molecule is CN(C)c1ccc(C2=NO[C@@]34c5c6c7c8c(ccc9c%10ccc%11c%12ccc%13c%14c%15c(c5c5c7c7c(c98)c%10c%11c8c%12c%13c%15c5c87)C3CC=%14)C6CC24)cc1. The summed E-state index contributed by atoms with van der Waals surface area (Å²) in [5.74, 6) is 0.761. The minimum Gasteiger partial charge on any atom is -0.383 e. The van der Waals surface area contributed by atoms with E-state index in [9.17, 15) is 0 Å². The Morgan fingerprint density at radius 1 is 0.558 bits per heavy atom. The number of hydrogen-bond donors (Lipinski definition) is 0. The van der Waals surface area contributed by atoms with Crippen molar-refractivity contribution in [3.05, 3.63) is 93.7 Å². The number of benzene rings is 9. The van der Waals surface area contributed by atoms with Crippen LogP contribution in [0.15, 0.2) is 65.8 Å². The minimum atomic E-state index is -0.493. The van der Waals surface area contributed by atoms with Gasteiger partial charge in [-0.05, 0) is 171 Å². The van der Waals surface area contributed by atoms with Crippen LogP contribution in [0.25, 0.3) is 125 Å². The lowest BCUT2D eigenvalue weighted by atomic mass is 9.61. The van der Waals surface area contributed by atoms with Gasteiger partial charge in [0.1, 0.15) is 0 Å². The molecular formula is C49H24N2O. The van der Waals surface area contributed by atoms with Crippen LogP contribution in [0.3, 0.4) is 0 Å². The summed E-state index contributed by atoms with van der Waals surface area (Å²) in [6.45, 7) is 0. The maximum Gasteiger partial charge on any atom is 0.179 e. The summed E-state index contributed by atoms with van der Waals surface area (Å²) in [5.41, 5.74) is 9.33. The standard InChI is InChI=1S/C49H24N2O/c1-51(2)17-5-3-16(4-6-17)48-27-15-25-24-12-11-21-20-8-7-18-19-9-10-22-23-13-14-26-36-34(23)39-31(22)30(19)37-28(18)29(20)38-32(21)33(24)40-35(25)47(49(26,27)52-50-48)46(36)45-43(39)41(37)42(38)44(40)45/h3-13,25-27H,14-15H2,1-2H3/t25?,26?,27?,49-/m0/s1. The number of oxime groups is 1. The second kappa shape index (κ2) is 6.39. The van der Waals surface area contributed by atoms with Gasteiger partial charge >= 0.3 is 0 Å². The highest BCUT2D eigenvalue weighted by Crippen LogP contribution is 2.74. The zero-order valence-electron chi connectivity index (χ0n) is 28.3. The molecule has 0 saturated carbocycles. The van der Waals surface area contributed by atoms with Gasteiger partial charge < -0.3 is 9.74 Å². The zero-order valence-corrected chi connectivity index (χ0v) is 28.3. The molecule has 5 aliphatic rings. The van der Waals surface area contributed by atoms with Crippen molar-refractivity contribution in [3.8, 4) is 0 Å². The first kappa shape index (κ1) is 23.5. The van der Waals surface area contributed by atoms with Gasteiger partial charge in [-0.2, -0.15) is 0 Å². The Kier molecular flexibility index (Phi) is 2.89. The summed E-state index contributed by atoms with van der Waals surface area (Å²) < 4.78 is 0. The van der Waals surface area contributed by atoms with Crippen molar-refractivity contribution in [2.45, 2.75) is 30.3 Å². The second-order valence-corrected chi connectivity index (χ2v) is 17.7. The maximum absolute atomic E-state index is 7.29. The smallest absolute Gasteiger partial charge is 0.179 e. The topological polar surface area (TPSA) is 24.8 Å². The van der Waals surface area contributed by atoms with Gasteiger partial charge in [-0.25, -0.2) is 0 Å². The first-order valence-corrected chi connectivity index (χ1v) is 19.2. The van der Waals surface area contributed by atoms with E-state index in [0.717, 1.165) is 18.6 Å². The quantitative estimate of drug-likeness (QED) is 0.173. The van der Waals surface area contributed by atoms with Crippen molar-refractivity contribution >= 4 is 136 Å². The summed E-state index contributed by atoms with van der Waals surface area (Å²) in [7, 11) is 4.23. The molecule has 3 heteroatoms. The van der Waals surface area contributed by atoms with Crippen LogP contribution in [-0.4, -0.2) is 19.8 Å². The van der Waals surface area contributed by atoms with Crippen molar-refractivity contribution in [2.24, 2.45) is 11.1 Å². The lowest BCUT2D eigenvalue weighted by molar-refractivity contribution is -0.0729. The van der Waals surface area contributed by atoms with Gasteiger partial charge in [0.15, 0.2) is 5.60 Å². The molecule has 0 saturated heterocycles. The molecule has 0 amide bonds. The Morgan fingerprint density at radius 2 is 1.13 bits per heavy atom. The van der Waals surface area contributed by atoms with Crippen LogP contribution in [0.1, 0.15) is 52.5 Å². The summed E-state index contributed by atoms with van der Waals surface area (Å²) in [5, 5.41) is 40.3. The molecule has 1 spiro atoms. The van der Waals surface area contributed by atoms with E-state index in [-0.39, 0.29) is 11.8 Å². The highest BCUT2D eigenvalue weighted by molar-refractivity contribution is 6.64.